The molecule has 0 N–H and O–H groups in total. The molecule has 0 bridgehead atoms. The highest BCUT2D eigenvalue weighted by Crippen LogP contribution is 2.32. The van der Waals surface area contributed by atoms with Gasteiger partial charge in [-0.25, -0.2) is 0 Å². The number of benzene rings is 1. The summed E-state index contributed by atoms with van der Waals surface area (Å²) in [5, 5.41) is 8.63. The van der Waals surface area contributed by atoms with Crippen LogP contribution in [0.25, 0.3) is 5.65 Å². The number of hydrogen-bond donors (Lipinski definition) is 0. The number of para-hydroxylation sites is 1. The number of aromatic nitrogens is 4. The van der Waals surface area contributed by atoms with Crippen molar-refractivity contribution >= 4 is 5.65 Å². The summed E-state index contributed by atoms with van der Waals surface area (Å²) in [6, 6.07) is 10.0. The largest absolute Gasteiger partial charge is 0.492 e. The van der Waals surface area contributed by atoms with Crippen molar-refractivity contribution in [1.82, 2.24) is 24.5 Å². The van der Waals surface area contributed by atoms with Crippen LogP contribution in [0.3, 0.4) is 0 Å². The van der Waals surface area contributed by atoms with E-state index < -0.39 is 0 Å². The topological polar surface area (TPSA) is 64.8 Å². The Balaban J connectivity index is 1.49. The first-order chi connectivity index (χ1) is 12.3. The maximum absolute atomic E-state index is 5.85. The normalized spacial score (nSPS) is 21.0. The Bertz CT molecular complexity index is 822. The first-order valence-corrected chi connectivity index (χ1v) is 8.44. The lowest BCUT2D eigenvalue weighted by molar-refractivity contribution is 0.105. The third-order valence-electron chi connectivity index (χ3n) is 4.63. The Kier molecular flexibility index (Phi) is 4.58. The van der Waals surface area contributed by atoms with Crippen LogP contribution in [-0.4, -0.2) is 57.4 Å². The average molecular weight is 339 g/mol. The predicted molar refractivity (Wildman–Crippen MR) is 92.4 cm³/mol. The number of hydrogen-bond acceptors (Lipinski definition) is 6. The summed E-state index contributed by atoms with van der Waals surface area (Å²) in [7, 11) is 1.76. The van der Waals surface area contributed by atoms with E-state index in [1.165, 1.54) is 0 Å². The van der Waals surface area contributed by atoms with Crippen LogP contribution in [0.2, 0.25) is 0 Å². The molecule has 4 rings (SSSR count). The molecule has 3 heterocycles. The van der Waals surface area contributed by atoms with Crippen molar-refractivity contribution in [3.8, 4) is 5.75 Å². The monoisotopic (exact) mass is 339 g/mol. The number of ether oxygens (including phenoxy) is 2. The molecule has 1 aliphatic rings. The molecule has 1 saturated heterocycles. The molecular weight excluding hydrogens is 318 g/mol. The Labute approximate surface area is 146 Å². The molecule has 1 fully saturated rings. The van der Waals surface area contributed by atoms with E-state index in [1.807, 2.05) is 40.9 Å². The third-order valence-corrected chi connectivity index (χ3v) is 4.63. The van der Waals surface area contributed by atoms with Crippen molar-refractivity contribution in [2.24, 2.45) is 0 Å². The SMILES string of the molecule is CO[C@@H]1C[C@@H](c2nnc3cnccn23)N(CCOc2ccccc2)C1. The molecule has 130 valence electrons. The van der Waals surface area contributed by atoms with Crippen LogP contribution in [0.1, 0.15) is 18.3 Å². The van der Waals surface area contributed by atoms with Crippen LogP contribution < -0.4 is 4.74 Å². The second-order valence-electron chi connectivity index (χ2n) is 6.13. The van der Waals surface area contributed by atoms with E-state index >= 15 is 0 Å². The van der Waals surface area contributed by atoms with E-state index in [-0.39, 0.29) is 12.1 Å². The molecule has 0 amide bonds. The summed E-state index contributed by atoms with van der Waals surface area (Å²) in [5.41, 5.74) is 0.763. The lowest BCUT2D eigenvalue weighted by atomic mass is 10.2. The van der Waals surface area contributed by atoms with Gasteiger partial charge in [0.1, 0.15) is 12.4 Å². The molecule has 1 aromatic carbocycles. The minimum atomic E-state index is 0.154. The molecule has 0 aliphatic carbocycles. The van der Waals surface area contributed by atoms with Crippen LogP contribution >= 0.6 is 0 Å². The fourth-order valence-electron chi connectivity index (χ4n) is 3.34. The van der Waals surface area contributed by atoms with E-state index in [0.717, 1.165) is 36.7 Å². The summed E-state index contributed by atoms with van der Waals surface area (Å²) < 4.78 is 13.4. The molecule has 0 saturated carbocycles. The standard InChI is InChI=1S/C18H21N5O2/c1-24-15-11-16(18-21-20-17-12-19-7-8-23(17)18)22(13-15)9-10-25-14-5-3-2-4-6-14/h2-8,12,15-16H,9-11,13H2,1H3/t15-,16+/m1/s1. The Morgan fingerprint density at radius 3 is 2.92 bits per heavy atom. The average Bonchev–Trinajstić information content (AvgIpc) is 3.26. The van der Waals surface area contributed by atoms with Crippen molar-refractivity contribution < 1.29 is 9.47 Å². The first-order valence-electron chi connectivity index (χ1n) is 8.44. The first kappa shape index (κ1) is 16.0. The summed E-state index contributed by atoms with van der Waals surface area (Å²) in [5.74, 6) is 1.82. The van der Waals surface area contributed by atoms with Crippen LogP contribution in [0.5, 0.6) is 5.75 Å². The summed E-state index contributed by atoms with van der Waals surface area (Å²) in [6.45, 7) is 2.29. The molecule has 7 heteroatoms. The molecule has 3 aromatic rings. The molecule has 7 nitrogen and oxygen atoms in total. The highest BCUT2D eigenvalue weighted by atomic mass is 16.5. The number of rotatable bonds is 6. The van der Waals surface area contributed by atoms with Gasteiger partial charge < -0.3 is 9.47 Å². The van der Waals surface area contributed by atoms with Gasteiger partial charge in [-0.05, 0) is 18.6 Å². The Morgan fingerprint density at radius 1 is 1.20 bits per heavy atom. The lowest BCUT2D eigenvalue weighted by Gasteiger charge is -2.22. The van der Waals surface area contributed by atoms with Gasteiger partial charge in [0.2, 0.25) is 0 Å². The van der Waals surface area contributed by atoms with E-state index in [9.17, 15) is 0 Å². The maximum atomic E-state index is 5.85. The van der Waals surface area contributed by atoms with Gasteiger partial charge >= 0.3 is 0 Å². The van der Waals surface area contributed by atoms with Crippen molar-refractivity contribution in [2.45, 2.75) is 18.6 Å². The molecule has 0 unspecified atom stereocenters. The number of methoxy groups -OCH3 is 1. The van der Waals surface area contributed by atoms with Crippen LogP contribution in [-0.2, 0) is 4.74 Å². The van der Waals surface area contributed by atoms with Gasteiger partial charge in [-0.15, -0.1) is 10.2 Å². The van der Waals surface area contributed by atoms with Crippen LogP contribution in [0.4, 0.5) is 0 Å². The molecule has 1 aliphatic heterocycles. The van der Waals surface area contributed by atoms with E-state index in [0.29, 0.717) is 6.61 Å². The van der Waals surface area contributed by atoms with Gasteiger partial charge in [0.15, 0.2) is 11.5 Å². The zero-order valence-electron chi connectivity index (χ0n) is 14.2. The van der Waals surface area contributed by atoms with Gasteiger partial charge in [-0.3, -0.25) is 14.3 Å². The fourth-order valence-corrected chi connectivity index (χ4v) is 3.34. The fraction of sp³-hybridized carbons (Fsp3) is 0.389. The third kappa shape index (κ3) is 3.33. The highest BCUT2D eigenvalue weighted by Gasteiger charge is 2.35. The molecule has 2 atom stereocenters. The van der Waals surface area contributed by atoms with Gasteiger partial charge in [-0.1, -0.05) is 18.2 Å². The van der Waals surface area contributed by atoms with Crippen LogP contribution in [0, 0.1) is 0 Å². The minimum absolute atomic E-state index is 0.154. The minimum Gasteiger partial charge on any atom is -0.492 e. The molecular formula is C18H21N5O2. The van der Waals surface area contributed by atoms with Gasteiger partial charge in [0.05, 0.1) is 18.3 Å². The number of fused-ring (bicyclic) bond motifs is 1. The maximum Gasteiger partial charge on any atom is 0.179 e. The predicted octanol–water partition coefficient (Wildman–Crippen LogP) is 1.97. The summed E-state index contributed by atoms with van der Waals surface area (Å²) in [6.07, 6.45) is 6.47. The highest BCUT2D eigenvalue weighted by molar-refractivity contribution is 5.34. The Morgan fingerprint density at radius 2 is 2.08 bits per heavy atom. The number of likely N-dealkylation sites (tertiary alicyclic amines) is 1. The van der Waals surface area contributed by atoms with Crippen molar-refractivity contribution in [3.05, 3.63) is 54.7 Å². The van der Waals surface area contributed by atoms with Gasteiger partial charge in [0, 0.05) is 32.6 Å². The smallest absolute Gasteiger partial charge is 0.179 e. The van der Waals surface area contributed by atoms with Crippen molar-refractivity contribution in [1.29, 1.82) is 0 Å². The molecule has 0 spiro atoms. The second kappa shape index (κ2) is 7.16. The van der Waals surface area contributed by atoms with Gasteiger partial charge in [-0.2, -0.15) is 0 Å². The van der Waals surface area contributed by atoms with Crippen molar-refractivity contribution in [2.75, 3.05) is 26.8 Å². The van der Waals surface area contributed by atoms with E-state index in [2.05, 4.69) is 20.1 Å². The quantitative estimate of drug-likeness (QED) is 0.684. The molecule has 0 radical (unpaired) electrons. The molecule has 2 aromatic heterocycles. The summed E-state index contributed by atoms with van der Waals surface area (Å²) in [4.78, 5) is 6.46. The Hall–Kier alpha value is -2.51. The van der Waals surface area contributed by atoms with E-state index in [1.54, 1.807) is 19.5 Å². The lowest BCUT2D eigenvalue weighted by Crippen LogP contribution is -2.30. The van der Waals surface area contributed by atoms with Crippen molar-refractivity contribution in [3.63, 3.8) is 0 Å². The molecule has 25 heavy (non-hydrogen) atoms. The van der Waals surface area contributed by atoms with Gasteiger partial charge in [0.25, 0.3) is 0 Å². The number of nitrogens with zero attached hydrogens (tertiary/aromatic N) is 5. The summed E-state index contributed by atoms with van der Waals surface area (Å²) >= 11 is 0. The zero-order valence-corrected chi connectivity index (χ0v) is 14.2. The van der Waals surface area contributed by atoms with Crippen LogP contribution in [0.15, 0.2) is 48.9 Å². The van der Waals surface area contributed by atoms with E-state index in [4.69, 9.17) is 9.47 Å². The second-order valence-corrected chi connectivity index (χ2v) is 6.13. The zero-order chi connectivity index (χ0) is 17.1.